The molecular weight excluding hydrogens is 691 g/mol. The number of anilines is 1. The summed E-state index contributed by atoms with van der Waals surface area (Å²) in [7, 11) is -4.27. The Morgan fingerprint density at radius 3 is 2.20 bits per heavy atom. The van der Waals surface area contributed by atoms with Crippen LogP contribution in [-0.4, -0.2) is 82.6 Å². The van der Waals surface area contributed by atoms with E-state index in [1.54, 1.807) is 20.8 Å². The monoisotopic (exact) mass is 729 g/mol. The van der Waals surface area contributed by atoms with Gasteiger partial charge in [0.2, 0.25) is 5.91 Å². The molecule has 16 heteroatoms. The van der Waals surface area contributed by atoms with Gasteiger partial charge in [-0.3, -0.25) is 14.5 Å². The minimum atomic E-state index is -4.27. The Labute approximate surface area is 287 Å². The number of hydrogen-bond donors (Lipinski definition) is 4. The lowest BCUT2D eigenvalue weighted by molar-refractivity contribution is -0.131. The number of fused-ring (bicyclic) bond motifs is 2. The van der Waals surface area contributed by atoms with Crippen LogP contribution in [0.3, 0.4) is 0 Å². The molecule has 2 unspecified atom stereocenters. The molecule has 11 nitrogen and oxygen atoms in total. The average molecular weight is 730 g/mol. The van der Waals surface area contributed by atoms with Crippen LogP contribution < -0.4 is 10.6 Å². The van der Waals surface area contributed by atoms with Gasteiger partial charge in [-0.2, -0.15) is 0 Å². The zero-order valence-corrected chi connectivity index (χ0v) is 28.9. The van der Waals surface area contributed by atoms with E-state index in [9.17, 15) is 46.2 Å². The molecule has 2 bridgehead atoms. The lowest BCUT2D eigenvalue weighted by Crippen LogP contribution is -2.60. The van der Waals surface area contributed by atoms with Crippen molar-refractivity contribution in [2.75, 3.05) is 18.4 Å². The summed E-state index contributed by atoms with van der Waals surface area (Å²) in [4.78, 5) is 39.7. The first kappa shape index (κ1) is 36.9. The summed E-state index contributed by atoms with van der Waals surface area (Å²) in [6, 6.07) is 3.43. The number of rotatable bonds is 7. The Kier molecular flexibility index (Phi) is 9.82. The second-order valence-electron chi connectivity index (χ2n) is 14.4. The number of aliphatic hydroxyl groups excluding tert-OH is 1. The van der Waals surface area contributed by atoms with E-state index in [-0.39, 0.29) is 53.5 Å². The number of sulfone groups is 1. The first-order valence-electron chi connectivity index (χ1n) is 15.8. The van der Waals surface area contributed by atoms with Gasteiger partial charge in [-0.1, -0.05) is 11.6 Å². The lowest BCUT2D eigenvalue weighted by atomic mass is 9.70. The minimum absolute atomic E-state index is 0.00478. The molecule has 5 rings (SSSR count). The molecule has 4 atom stereocenters. The molecular formula is C33H39ClF3N3O8S. The quantitative estimate of drug-likeness (QED) is 0.301. The van der Waals surface area contributed by atoms with E-state index < -0.39 is 85.1 Å². The van der Waals surface area contributed by atoms with Gasteiger partial charge in [0.25, 0.3) is 5.91 Å². The molecule has 0 spiro atoms. The highest BCUT2D eigenvalue weighted by molar-refractivity contribution is 7.93. The summed E-state index contributed by atoms with van der Waals surface area (Å²) in [6.45, 7) is 6.45. The fraction of sp³-hybridized carbons (Fsp3) is 0.545. The van der Waals surface area contributed by atoms with Crippen molar-refractivity contribution >= 4 is 45.0 Å². The normalized spacial score (nSPS) is 28.3. The number of hydrogen-bond acceptors (Lipinski definition) is 8. The van der Waals surface area contributed by atoms with E-state index in [0.29, 0.717) is 25.0 Å². The third kappa shape index (κ3) is 6.99. The number of carbonyl (C=O) groups is 3. The van der Waals surface area contributed by atoms with Gasteiger partial charge in [0.1, 0.15) is 11.6 Å². The standard InChI is InChI=1S/C33H39ClF3N3O8S/c1-31(2,3)48-30(44)40-10-9-24(41)27(40)29(43)38-16-33(45)18-6-7-19(33)15-32(4,14-18)49(46,47)25-11-17(5-8-21(25)34)28(42)39-20-12-22(35)26(37)23(36)13-20/h5,8,11-13,18-19,24,27,41,45H,6-7,9-10,14-16H2,1-4H3,(H,38,43)(H,39,42)/t18?,19?,24-,27+,32?,33?/m1/s1. The highest BCUT2D eigenvalue weighted by Crippen LogP contribution is 2.56. The molecule has 49 heavy (non-hydrogen) atoms. The molecule has 3 aliphatic rings. The highest BCUT2D eigenvalue weighted by Gasteiger charge is 2.60. The molecule has 2 aliphatic carbocycles. The van der Waals surface area contributed by atoms with Crippen molar-refractivity contribution in [3.05, 3.63) is 58.4 Å². The molecule has 3 amide bonds. The van der Waals surface area contributed by atoms with Gasteiger partial charge < -0.3 is 25.6 Å². The molecule has 2 aromatic rings. The van der Waals surface area contributed by atoms with Crippen LogP contribution in [-0.2, 0) is 19.4 Å². The zero-order valence-electron chi connectivity index (χ0n) is 27.4. The van der Waals surface area contributed by atoms with Gasteiger partial charge in [0.15, 0.2) is 27.3 Å². The van der Waals surface area contributed by atoms with Crippen molar-refractivity contribution in [2.24, 2.45) is 11.8 Å². The van der Waals surface area contributed by atoms with Crippen LogP contribution in [0.25, 0.3) is 0 Å². The zero-order chi connectivity index (χ0) is 36.3. The topological polar surface area (TPSA) is 162 Å². The summed E-state index contributed by atoms with van der Waals surface area (Å²) >= 11 is 6.35. The summed E-state index contributed by atoms with van der Waals surface area (Å²) in [5, 5.41) is 27.1. The molecule has 0 radical (unpaired) electrons. The van der Waals surface area contributed by atoms with Crippen LogP contribution in [0.4, 0.5) is 23.7 Å². The molecule has 1 aliphatic heterocycles. The van der Waals surface area contributed by atoms with Gasteiger partial charge in [-0.25, -0.2) is 26.4 Å². The minimum Gasteiger partial charge on any atom is -0.444 e. The maximum Gasteiger partial charge on any atom is 0.411 e. The van der Waals surface area contributed by atoms with Crippen LogP contribution in [0.15, 0.2) is 35.2 Å². The van der Waals surface area contributed by atoms with Gasteiger partial charge in [0.05, 0.1) is 26.4 Å². The van der Waals surface area contributed by atoms with E-state index in [1.807, 2.05) is 0 Å². The average Bonchev–Trinajstić information content (AvgIpc) is 3.45. The third-order valence-corrected chi connectivity index (χ3v) is 12.8. The van der Waals surface area contributed by atoms with E-state index in [4.69, 9.17) is 16.3 Å². The number of nitrogens with one attached hydrogen (secondary N) is 2. The second-order valence-corrected chi connectivity index (χ2v) is 17.2. The van der Waals surface area contributed by atoms with Crippen molar-refractivity contribution in [2.45, 2.75) is 92.8 Å². The van der Waals surface area contributed by atoms with E-state index >= 15 is 0 Å². The highest BCUT2D eigenvalue weighted by atomic mass is 35.5. The first-order valence-corrected chi connectivity index (χ1v) is 17.7. The molecule has 1 heterocycles. The second kappa shape index (κ2) is 13.1. The number of halogens is 4. The van der Waals surface area contributed by atoms with E-state index in [0.717, 1.165) is 11.0 Å². The molecule has 2 aromatic carbocycles. The number of nitrogens with zero attached hydrogens (tertiary/aromatic N) is 1. The summed E-state index contributed by atoms with van der Waals surface area (Å²) in [6.07, 6.45) is -0.792. The molecule has 268 valence electrons. The smallest absolute Gasteiger partial charge is 0.411 e. The Bertz CT molecular complexity index is 1750. The summed E-state index contributed by atoms with van der Waals surface area (Å²) in [5.74, 6) is -7.46. The summed E-state index contributed by atoms with van der Waals surface area (Å²) < 4.78 is 73.1. The fourth-order valence-corrected chi connectivity index (χ4v) is 9.73. The maximum atomic E-state index is 14.2. The Hall–Kier alpha value is -3.40. The third-order valence-electron chi connectivity index (χ3n) is 9.82. The Morgan fingerprint density at radius 1 is 1.04 bits per heavy atom. The van der Waals surface area contributed by atoms with Crippen molar-refractivity contribution in [3.8, 4) is 0 Å². The molecule has 2 saturated carbocycles. The number of ether oxygens (including phenoxy) is 1. The van der Waals surface area contributed by atoms with Crippen LogP contribution >= 0.6 is 11.6 Å². The van der Waals surface area contributed by atoms with Crippen molar-refractivity contribution in [1.82, 2.24) is 10.2 Å². The van der Waals surface area contributed by atoms with Gasteiger partial charge in [0, 0.05) is 36.5 Å². The predicted octanol–water partition coefficient (Wildman–Crippen LogP) is 4.58. The lowest BCUT2D eigenvalue weighted by Gasteiger charge is -2.47. The molecule has 1 saturated heterocycles. The number of aliphatic hydroxyl groups is 2. The van der Waals surface area contributed by atoms with Crippen molar-refractivity contribution in [3.63, 3.8) is 0 Å². The maximum absolute atomic E-state index is 14.2. The molecule has 0 aromatic heterocycles. The number of benzene rings is 2. The number of carbonyl (C=O) groups excluding carboxylic acids is 3. The molecule has 4 N–H and O–H groups in total. The number of amides is 3. The predicted molar refractivity (Wildman–Crippen MR) is 172 cm³/mol. The van der Waals surface area contributed by atoms with Gasteiger partial charge in [-0.05, 0) is 89.8 Å². The van der Waals surface area contributed by atoms with E-state index in [2.05, 4.69) is 10.6 Å². The molecule has 3 fully saturated rings. The van der Waals surface area contributed by atoms with Crippen LogP contribution in [0.5, 0.6) is 0 Å². The summed E-state index contributed by atoms with van der Waals surface area (Å²) in [5.41, 5.74) is -2.87. The van der Waals surface area contributed by atoms with Gasteiger partial charge >= 0.3 is 6.09 Å². The van der Waals surface area contributed by atoms with E-state index in [1.165, 1.54) is 19.1 Å². The Balaban J connectivity index is 1.31. The largest absolute Gasteiger partial charge is 0.444 e. The van der Waals surface area contributed by atoms with Crippen LogP contribution in [0.2, 0.25) is 5.02 Å². The van der Waals surface area contributed by atoms with Crippen molar-refractivity contribution in [1.29, 1.82) is 0 Å². The van der Waals surface area contributed by atoms with Crippen molar-refractivity contribution < 1.29 is 50.9 Å². The fourth-order valence-electron chi connectivity index (χ4n) is 7.32. The number of likely N-dealkylation sites (tertiary alicyclic amines) is 1. The van der Waals surface area contributed by atoms with Crippen LogP contribution in [0.1, 0.15) is 70.2 Å². The van der Waals surface area contributed by atoms with Gasteiger partial charge in [-0.15, -0.1) is 0 Å². The first-order chi connectivity index (χ1) is 22.7. The SMILES string of the molecule is CC(C)(C)OC(=O)N1CC[C@@H](O)[C@H]1C(=O)NCC1(O)C2CCC1CC(C)(S(=O)(=O)c1cc(C(=O)Nc3cc(F)c(F)c(F)c3)ccc1Cl)C2. The Morgan fingerprint density at radius 2 is 1.63 bits per heavy atom. The van der Waals surface area contributed by atoms with Crippen LogP contribution in [0, 0.1) is 29.3 Å².